The van der Waals surface area contributed by atoms with Crippen LogP contribution in [0.25, 0.3) is 0 Å². The molecule has 1 aromatic heterocycles. The first-order valence-corrected chi connectivity index (χ1v) is 8.70. The monoisotopic (exact) mass is 281 g/mol. The van der Waals surface area contributed by atoms with E-state index >= 15 is 0 Å². The molecule has 0 saturated carbocycles. The number of rotatable bonds is 3. The van der Waals surface area contributed by atoms with Crippen LogP contribution in [0, 0.1) is 11.5 Å². The molecule has 0 spiro atoms. The van der Waals surface area contributed by atoms with Gasteiger partial charge in [-0.05, 0) is 17.7 Å². The van der Waals surface area contributed by atoms with Crippen LogP contribution < -0.4 is 0 Å². The maximum Gasteiger partial charge on any atom is 0.282 e. The molecule has 2 rings (SSSR count). The van der Waals surface area contributed by atoms with E-state index in [1.54, 1.807) is 6.20 Å². The Bertz CT molecular complexity index is 617. The van der Waals surface area contributed by atoms with Gasteiger partial charge < -0.3 is 4.74 Å². The maximum atomic E-state index is 11.9. The Morgan fingerprint density at radius 2 is 1.95 bits per heavy atom. The van der Waals surface area contributed by atoms with Crippen molar-refractivity contribution in [1.82, 2.24) is 4.98 Å². The van der Waals surface area contributed by atoms with Crippen LogP contribution in [0.1, 0.15) is 11.3 Å². The predicted molar refractivity (Wildman–Crippen MR) is 80.8 cm³/mol. The number of carbonyl (C=O) groups excluding carboxylic acids is 1. The highest BCUT2D eigenvalue weighted by atomic mass is 28.3. The third-order valence-corrected chi connectivity index (χ3v) is 4.11. The van der Waals surface area contributed by atoms with Gasteiger partial charge in [0.1, 0.15) is 12.3 Å². The standard InChI is InChI=1S/C16H15NO2Si/c1-20(12-10-15-9-5-6-11-17-15)16(18)19-13-14-7-3-2-4-8-14/h2-9,11,20H,13H2,1H3. The Balaban J connectivity index is 1.88. The van der Waals surface area contributed by atoms with E-state index in [0.29, 0.717) is 12.3 Å². The summed E-state index contributed by atoms with van der Waals surface area (Å²) in [5.74, 6) is 2.92. The zero-order chi connectivity index (χ0) is 14.2. The number of carbonyl (C=O) groups is 1. The van der Waals surface area contributed by atoms with Crippen LogP contribution in [0.15, 0.2) is 54.7 Å². The molecule has 0 amide bonds. The molecule has 0 radical (unpaired) electrons. The van der Waals surface area contributed by atoms with Gasteiger partial charge in [-0.1, -0.05) is 48.9 Å². The Kier molecular flexibility index (Phi) is 5.10. The highest BCUT2D eigenvalue weighted by Gasteiger charge is 2.13. The normalized spacial score (nSPS) is 11.1. The molecule has 1 unspecified atom stereocenters. The smallest absolute Gasteiger partial charge is 0.282 e. The molecule has 0 N–H and O–H groups in total. The SMILES string of the molecule is C[SiH](C#Cc1ccccn1)C(=O)OCc1ccccc1. The van der Waals surface area contributed by atoms with Crippen LogP contribution in [0.3, 0.4) is 0 Å². The minimum atomic E-state index is -1.87. The number of pyridine rings is 1. The van der Waals surface area contributed by atoms with E-state index in [0.717, 1.165) is 5.56 Å². The summed E-state index contributed by atoms with van der Waals surface area (Å²) in [6.45, 7) is 2.17. The summed E-state index contributed by atoms with van der Waals surface area (Å²) in [6, 6.07) is 15.2. The molecule has 1 atom stereocenters. The molecular formula is C16H15NO2Si. The van der Waals surface area contributed by atoms with Crippen LogP contribution >= 0.6 is 0 Å². The van der Waals surface area contributed by atoms with Crippen molar-refractivity contribution in [2.24, 2.45) is 0 Å². The van der Waals surface area contributed by atoms with Gasteiger partial charge in [0.2, 0.25) is 8.80 Å². The summed E-state index contributed by atoms with van der Waals surface area (Å²) in [7, 11) is -1.87. The Morgan fingerprint density at radius 1 is 1.20 bits per heavy atom. The molecule has 2 aromatic rings. The molecule has 0 bridgehead atoms. The topological polar surface area (TPSA) is 39.2 Å². The van der Waals surface area contributed by atoms with Gasteiger partial charge in [-0.25, -0.2) is 4.98 Å². The fraction of sp³-hybridized carbons (Fsp3) is 0.125. The number of benzene rings is 1. The highest BCUT2D eigenvalue weighted by Crippen LogP contribution is 2.02. The molecule has 0 fully saturated rings. The molecule has 0 aliphatic heterocycles. The summed E-state index contributed by atoms with van der Waals surface area (Å²) in [5.41, 5.74) is 4.47. The van der Waals surface area contributed by atoms with Crippen molar-refractivity contribution in [1.29, 1.82) is 0 Å². The lowest BCUT2D eigenvalue weighted by molar-refractivity contribution is 0.165. The quantitative estimate of drug-likeness (QED) is 0.641. The van der Waals surface area contributed by atoms with Crippen molar-refractivity contribution in [2.45, 2.75) is 13.2 Å². The molecular weight excluding hydrogens is 266 g/mol. The lowest BCUT2D eigenvalue weighted by Gasteiger charge is -2.05. The van der Waals surface area contributed by atoms with Crippen LogP contribution in [0.5, 0.6) is 0 Å². The van der Waals surface area contributed by atoms with Crippen molar-refractivity contribution in [2.75, 3.05) is 0 Å². The Hall–Kier alpha value is -2.38. The van der Waals surface area contributed by atoms with Crippen LogP contribution in [-0.2, 0) is 11.3 Å². The second-order valence-electron chi connectivity index (χ2n) is 4.30. The zero-order valence-corrected chi connectivity index (χ0v) is 12.4. The largest absolute Gasteiger partial charge is 0.465 e. The van der Waals surface area contributed by atoms with Gasteiger partial charge in [0.15, 0.2) is 0 Å². The summed E-state index contributed by atoms with van der Waals surface area (Å²) in [4.78, 5) is 16.0. The van der Waals surface area contributed by atoms with Gasteiger partial charge >= 0.3 is 0 Å². The van der Waals surface area contributed by atoms with E-state index in [4.69, 9.17) is 4.74 Å². The fourth-order valence-electron chi connectivity index (χ4n) is 1.53. The summed E-state index contributed by atoms with van der Waals surface area (Å²) < 4.78 is 5.28. The molecule has 3 nitrogen and oxygen atoms in total. The summed E-state index contributed by atoms with van der Waals surface area (Å²) in [6.07, 6.45) is 1.68. The van der Waals surface area contributed by atoms with Crippen molar-refractivity contribution in [3.05, 3.63) is 66.0 Å². The average molecular weight is 281 g/mol. The van der Waals surface area contributed by atoms with E-state index in [1.165, 1.54) is 0 Å². The molecule has 0 aliphatic rings. The van der Waals surface area contributed by atoms with E-state index in [1.807, 2.05) is 55.1 Å². The Labute approximate surface area is 120 Å². The van der Waals surface area contributed by atoms with Crippen molar-refractivity contribution in [3.8, 4) is 11.5 Å². The fourth-order valence-corrected chi connectivity index (χ4v) is 2.35. The first-order valence-electron chi connectivity index (χ1n) is 6.39. The van der Waals surface area contributed by atoms with E-state index < -0.39 is 8.80 Å². The Morgan fingerprint density at radius 3 is 2.65 bits per heavy atom. The predicted octanol–water partition coefficient (Wildman–Crippen LogP) is 2.75. The lowest BCUT2D eigenvalue weighted by atomic mass is 10.2. The van der Waals surface area contributed by atoms with Gasteiger partial charge in [-0.15, -0.1) is 5.54 Å². The second kappa shape index (κ2) is 7.27. The molecule has 4 heteroatoms. The van der Waals surface area contributed by atoms with Gasteiger partial charge in [-0.3, -0.25) is 4.79 Å². The van der Waals surface area contributed by atoms with Crippen LogP contribution in [0.4, 0.5) is 4.79 Å². The van der Waals surface area contributed by atoms with E-state index in [-0.39, 0.29) is 5.59 Å². The summed E-state index contributed by atoms with van der Waals surface area (Å²) >= 11 is 0. The number of ether oxygens (including phenoxy) is 1. The summed E-state index contributed by atoms with van der Waals surface area (Å²) in [5, 5.41) is 0. The molecule has 0 saturated heterocycles. The van der Waals surface area contributed by atoms with Crippen molar-refractivity contribution < 1.29 is 9.53 Å². The number of aromatic nitrogens is 1. The van der Waals surface area contributed by atoms with Gasteiger partial charge in [0, 0.05) is 6.20 Å². The lowest BCUT2D eigenvalue weighted by Crippen LogP contribution is -2.21. The maximum absolute atomic E-state index is 11.9. The third kappa shape index (κ3) is 4.37. The molecule has 1 heterocycles. The number of hydrogen-bond donors (Lipinski definition) is 0. The third-order valence-electron chi connectivity index (χ3n) is 2.66. The molecule has 0 aliphatic carbocycles. The zero-order valence-electron chi connectivity index (χ0n) is 11.2. The van der Waals surface area contributed by atoms with Crippen LogP contribution in [0.2, 0.25) is 6.55 Å². The molecule has 1 aromatic carbocycles. The number of hydrogen-bond acceptors (Lipinski definition) is 3. The van der Waals surface area contributed by atoms with Crippen LogP contribution in [-0.4, -0.2) is 19.4 Å². The minimum absolute atomic E-state index is 0.183. The van der Waals surface area contributed by atoms with Gasteiger partial charge in [-0.2, -0.15) is 0 Å². The first-order chi connectivity index (χ1) is 9.75. The van der Waals surface area contributed by atoms with Crippen molar-refractivity contribution >= 4 is 14.4 Å². The average Bonchev–Trinajstić information content (AvgIpc) is 2.52. The second-order valence-corrected chi connectivity index (χ2v) is 6.50. The molecule has 20 heavy (non-hydrogen) atoms. The number of nitrogens with zero attached hydrogens (tertiary/aromatic N) is 1. The van der Waals surface area contributed by atoms with E-state index in [9.17, 15) is 4.79 Å². The molecule has 100 valence electrons. The van der Waals surface area contributed by atoms with E-state index in [2.05, 4.69) is 16.4 Å². The van der Waals surface area contributed by atoms with Gasteiger partial charge in [0.25, 0.3) is 5.59 Å². The highest BCUT2D eigenvalue weighted by molar-refractivity contribution is 6.93. The van der Waals surface area contributed by atoms with Gasteiger partial charge in [0.05, 0.1) is 0 Å². The van der Waals surface area contributed by atoms with Crippen molar-refractivity contribution in [3.63, 3.8) is 0 Å². The first kappa shape index (κ1) is 14.0. The minimum Gasteiger partial charge on any atom is -0.465 e.